The summed E-state index contributed by atoms with van der Waals surface area (Å²) < 4.78 is 11.3. The Morgan fingerprint density at radius 2 is 2.20 bits per heavy atom. The maximum absolute atomic E-state index is 11.3. The minimum Gasteiger partial charge on any atom is -0.331 e. The maximum atomic E-state index is 11.3. The molecule has 7 heteroatoms. The average molecular weight is 226 g/mol. The molecule has 0 aliphatic carbocycles. The average Bonchev–Trinajstić information content (AvgIpc) is 2.17. The Labute approximate surface area is 85.4 Å². The monoisotopic (exact) mass is 226 g/mol. The van der Waals surface area contributed by atoms with Gasteiger partial charge in [0.25, 0.3) is 5.69 Å². The number of rotatable bonds is 2. The Morgan fingerprint density at radius 1 is 1.60 bits per heavy atom. The Balaban J connectivity index is 3.51. The van der Waals surface area contributed by atoms with Gasteiger partial charge in [0.1, 0.15) is 5.30 Å². The lowest BCUT2D eigenvalue weighted by Crippen LogP contribution is -2.09. The molecule has 0 saturated carbocycles. The Hall–Kier alpha value is -1.70. The first-order valence-corrected chi connectivity index (χ1v) is 5.54. The molecule has 6 nitrogen and oxygen atoms in total. The summed E-state index contributed by atoms with van der Waals surface area (Å²) in [5.74, 6) is 1.18. The fourth-order valence-electron chi connectivity index (χ4n) is 1.09. The van der Waals surface area contributed by atoms with E-state index in [1.54, 1.807) is 6.92 Å². The fourth-order valence-corrected chi connectivity index (χ4v) is 1.93. The van der Waals surface area contributed by atoms with Crippen molar-refractivity contribution in [2.45, 2.75) is 6.92 Å². The third-order valence-corrected chi connectivity index (χ3v) is 3.09. The normalized spacial score (nSPS) is 13.9. The molecule has 0 fully saturated rings. The van der Waals surface area contributed by atoms with Crippen LogP contribution in [0.1, 0.15) is 5.56 Å². The smallest absolute Gasteiger partial charge is 0.331 e. The molecule has 0 amide bonds. The van der Waals surface area contributed by atoms with Gasteiger partial charge in [0, 0.05) is 6.07 Å². The van der Waals surface area contributed by atoms with Crippen molar-refractivity contribution in [2.24, 2.45) is 0 Å². The van der Waals surface area contributed by atoms with Crippen molar-refractivity contribution >= 4 is 18.4 Å². The van der Waals surface area contributed by atoms with Crippen LogP contribution in [0.2, 0.25) is 0 Å². The summed E-state index contributed by atoms with van der Waals surface area (Å²) in [6.07, 6.45) is 0. The first-order chi connectivity index (χ1) is 6.88. The summed E-state index contributed by atoms with van der Waals surface area (Å²) in [6, 6.07) is 3.75. The highest BCUT2D eigenvalue weighted by Crippen LogP contribution is 2.40. The Bertz CT molecular complexity index is 506. The van der Waals surface area contributed by atoms with Crippen LogP contribution in [0, 0.1) is 28.1 Å². The number of benzene rings is 1. The molecule has 0 bridgehead atoms. The zero-order valence-electron chi connectivity index (χ0n) is 7.75. The van der Waals surface area contributed by atoms with Crippen LogP contribution < -0.4 is 5.30 Å². The van der Waals surface area contributed by atoms with Crippen molar-refractivity contribution in [3.63, 3.8) is 0 Å². The molecule has 0 aromatic heterocycles. The topological polar surface area (TPSA) is 104 Å². The molecule has 0 radical (unpaired) electrons. The van der Waals surface area contributed by atoms with E-state index in [-0.39, 0.29) is 0 Å². The van der Waals surface area contributed by atoms with Crippen LogP contribution in [0.15, 0.2) is 18.2 Å². The number of nitro groups is 1. The van der Waals surface area contributed by atoms with E-state index in [1.807, 2.05) is 0 Å². The van der Waals surface area contributed by atoms with Crippen molar-refractivity contribution in [2.75, 3.05) is 0 Å². The number of aryl methyl sites for hydroxylation is 1. The zero-order valence-corrected chi connectivity index (χ0v) is 8.64. The van der Waals surface area contributed by atoms with Crippen molar-refractivity contribution in [1.82, 2.24) is 0 Å². The molecule has 78 valence electrons. The van der Waals surface area contributed by atoms with E-state index < -0.39 is 23.3 Å². The first-order valence-electron chi connectivity index (χ1n) is 3.88. The van der Waals surface area contributed by atoms with Gasteiger partial charge in [0.05, 0.1) is 4.92 Å². The van der Waals surface area contributed by atoms with Gasteiger partial charge in [-0.25, -0.2) is 0 Å². The molecule has 1 aromatic carbocycles. The van der Waals surface area contributed by atoms with Crippen molar-refractivity contribution in [3.05, 3.63) is 33.9 Å². The van der Waals surface area contributed by atoms with E-state index >= 15 is 0 Å². The summed E-state index contributed by atoms with van der Waals surface area (Å²) in [5, 5.41) is 18.6. The highest BCUT2D eigenvalue weighted by molar-refractivity contribution is 7.71. The van der Waals surface area contributed by atoms with E-state index in [4.69, 9.17) is 5.26 Å². The molecule has 1 atom stereocenters. The standard InChI is InChI=1S/C8H7N2O4P/c1-6-2-3-8(15(13,14)5-9)7(4-6)10(11)12/h2-4H,1H3,(H,13,14). The van der Waals surface area contributed by atoms with E-state index in [9.17, 15) is 19.6 Å². The molecule has 1 aromatic rings. The lowest BCUT2D eigenvalue weighted by Gasteiger charge is -2.04. The van der Waals surface area contributed by atoms with Gasteiger partial charge >= 0.3 is 7.37 Å². The molecular weight excluding hydrogens is 219 g/mol. The molecule has 0 saturated heterocycles. The predicted molar refractivity (Wildman–Crippen MR) is 52.9 cm³/mol. The Kier molecular flexibility index (Phi) is 2.89. The second kappa shape index (κ2) is 3.81. The van der Waals surface area contributed by atoms with E-state index in [2.05, 4.69) is 0 Å². The Morgan fingerprint density at radius 3 is 2.67 bits per heavy atom. The third-order valence-electron chi connectivity index (χ3n) is 1.79. The van der Waals surface area contributed by atoms with Gasteiger partial charge in [-0.3, -0.25) is 14.7 Å². The maximum Gasteiger partial charge on any atom is 0.333 e. The minimum atomic E-state index is -4.27. The fraction of sp³-hybridized carbons (Fsp3) is 0.125. The molecule has 15 heavy (non-hydrogen) atoms. The van der Waals surface area contributed by atoms with Crippen LogP contribution in [-0.4, -0.2) is 9.82 Å². The predicted octanol–water partition coefficient (Wildman–Crippen LogP) is 1.28. The minimum absolute atomic E-state index is 0.430. The van der Waals surface area contributed by atoms with Gasteiger partial charge in [-0.15, -0.1) is 0 Å². The van der Waals surface area contributed by atoms with E-state index in [1.165, 1.54) is 11.9 Å². The van der Waals surface area contributed by atoms with Crippen LogP contribution in [-0.2, 0) is 4.57 Å². The summed E-state index contributed by atoms with van der Waals surface area (Å²) in [5.41, 5.74) is 0.0887. The largest absolute Gasteiger partial charge is 0.333 e. The number of nitriles is 1. The molecular formula is C8H7N2O4P. The molecule has 0 heterocycles. The zero-order chi connectivity index (χ0) is 11.6. The van der Waals surface area contributed by atoms with E-state index in [0.717, 1.165) is 12.1 Å². The van der Waals surface area contributed by atoms with Gasteiger partial charge in [0.15, 0.2) is 5.81 Å². The van der Waals surface area contributed by atoms with Crippen molar-refractivity contribution in [1.29, 1.82) is 5.26 Å². The molecule has 0 aliphatic rings. The first kappa shape index (κ1) is 11.4. The molecule has 1 rings (SSSR count). The van der Waals surface area contributed by atoms with Gasteiger partial charge < -0.3 is 4.89 Å². The van der Waals surface area contributed by atoms with Crippen LogP contribution in [0.3, 0.4) is 0 Å². The number of nitro benzene ring substituents is 1. The van der Waals surface area contributed by atoms with Gasteiger partial charge in [-0.1, -0.05) is 6.07 Å². The van der Waals surface area contributed by atoms with Crippen LogP contribution >= 0.6 is 7.37 Å². The number of hydrogen-bond acceptors (Lipinski definition) is 4. The van der Waals surface area contributed by atoms with Gasteiger partial charge in [-0.2, -0.15) is 5.26 Å². The molecule has 0 aliphatic heterocycles. The second-order valence-corrected chi connectivity index (χ2v) is 4.76. The summed E-state index contributed by atoms with van der Waals surface area (Å²) in [7, 11) is -4.27. The van der Waals surface area contributed by atoms with E-state index in [0.29, 0.717) is 5.56 Å². The summed E-state index contributed by atoms with van der Waals surface area (Å²) >= 11 is 0. The molecule has 1 N–H and O–H groups in total. The quantitative estimate of drug-likeness (QED) is 0.464. The van der Waals surface area contributed by atoms with Crippen LogP contribution in [0.4, 0.5) is 5.69 Å². The lowest BCUT2D eigenvalue weighted by molar-refractivity contribution is -0.383. The van der Waals surface area contributed by atoms with Crippen molar-refractivity contribution < 1.29 is 14.4 Å². The van der Waals surface area contributed by atoms with Crippen molar-refractivity contribution in [3.8, 4) is 5.81 Å². The summed E-state index contributed by atoms with van der Waals surface area (Å²) in [4.78, 5) is 19.0. The molecule has 0 spiro atoms. The SMILES string of the molecule is Cc1ccc(P(=O)(O)C#N)c([N+](=O)[O-])c1. The highest BCUT2D eigenvalue weighted by atomic mass is 31.2. The second-order valence-electron chi connectivity index (χ2n) is 2.93. The lowest BCUT2D eigenvalue weighted by atomic mass is 10.2. The van der Waals surface area contributed by atoms with Gasteiger partial charge in [0.2, 0.25) is 0 Å². The van der Waals surface area contributed by atoms with Crippen LogP contribution in [0.25, 0.3) is 0 Å². The number of nitrogens with zero attached hydrogens (tertiary/aromatic N) is 2. The summed E-state index contributed by atoms with van der Waals surface area (Å²) in [6.45, 7) is 1.62. The van der Waals surface area contributed by atoms with Gasteiger partial charge in [-0.05, 0) is 18.6 Å². The number of hydrogen-bond donors (Lipinski definition) is 1. The third kappa shape index (κ3) is 2.21. The molecule has 1 unspecified atom stereocenters. The van der Waals surface area contributed by atoms with Crippen LogP contribution in [0.5, 0.6) is 0 Å². The highest BCUT2D eigenvalue weighted by Gasteiger charge is 2.30.